The Balaban J connectivity index is 1.62. The molecule has 0 unspecified atom stereocenters. The maximum absolute atomic E-state index is 13.3. The van der Waals surface area contributed by atoms with Gasteiger partial charge in [0.15, 0.2) is 6.61 Å². The molecule has 2 amide bonds. The number of rotatable bonds is 12. The van der Waals surface area contributed by atoms with Crippen molar-refractivity contribution in [3.05, 3.63) is 95.6 Å². The predicted octanol–water partition coefficient (Wildman–Crippen LogP) is 3.24. The van der Waals surface area contributed by atoms with Crippen molar-refractivity contribution in [1.82, 2.24) is 15.0 Å². The van der Waals surface area contributed by atoms with Crippen LogP contribution < -0.4 is 15.5 Å². The molecular formula is C28H32N4O5S. The molecule has 0 aliphatic rings. The highest BCUT2D eigenvalue weighted by Gasteiger charge is 2.26. The summed E-state index contributed by atoms with van der Waals surface area (Å²) in [7, 11) is -3.93. The van der Waals surface area contributed by atoms with Crippen LogP contribution in [0, 0.1) is 6.92 Å². The van der Waals surface area contributed by atoms with E-state index in [4.69, 9.17) is 4.74 Å². The standard InChI is InChI=1S/C28H32N4O5S/c1-21(2)30-28(34)20-37-25-13-11-23(12-14-25)17-29-31-27(33)19-32(18-24-7-5-4-6-8-24)38(35,36)26-15-9-22(3)10-16-26/h4-17,21H,18-20H2,1-3H3,(H,30,34)(H,31,33)/b29-17+. The molecule has 0 saturated heterocycles. The maximum Gasteiger partial charge on any atom is 0.258 e. The molecule has 0 aliphatic heterocycles. The van der Waals surface area contributed by atoms with Gasteiger partial charge in [0.1, 0.15) is 5.75 Å². The molecule has 0 atom stereocenters. The topological polar surface area (TPSA) is 117 Å². The molecule has 0 spiro atoms. The highest BCUT2D eigenvalue weighted by Crippen LogP contribution is 2.19. The zero-order valence-corrected chi connectivity index (χ0v) is 22.4. The number of ether oxygens (including phenoxy) is 1. The molecule has 38 heavy (non-hydrogen) atoms. The third kappa shape index (κ3) is 8.82. The fourth-order valence-electron chi connectivity index (χ4n) is 3.41. The zero-order valence-electron chi connectivity index (χ0n) is 21.6. The Hall–Kier alpha value is -4.02. The van der Waals surface area contributed by atoms with E-state index in [9.17, 15) is 18.0 Å². The number of hydrazone groups is 1. The SMILES string of the molecule is Cc1ccc(S(=O)(=O)N(CC(=O)N/N=C/c2ccc(OCC(=O)NC(C)C)cc2)Cc2ccccc2)cc1. The Labute approximate surface area is 223 Å². The summed E-state index contributed by atoms with van der Waals surface area (Å²) in [4.78, 5) is 24.5. The van der Waals surface area contributed by atoms with E-state index in [-0.39, 0.29) is 30.0 Å². The summed E-state index contributed by atoms with van der Waals surface area (Å²) in [6.45, 7) is 5.14. The van der Waals surface area contributed by atoms with Crippen LogP contribution in [0.4, 0.5) is 0 Å². The summed E-state index contributed by atoms with van der Waals surface area (Å²) in [6.07, 6.45) is 1.43. The molecule has 2 N–H and O–H groups in total. The quantitative estimate of drug-likeness (QED) is 0.272. The van der Waals surface area contributed by atoms with E-state index >= 15 is 0 Å². The lowest BCUT2D eigenvalue weighted by atomic mass is 10.2. The van der Waals surface area contributed by atoms with Gasteiger partial charge >= 0.3 is 0 Å². The molecular weight excluding hydrogens is 504 g/mol. The van der Waals surface area contributed by atoms with Crippen LogP contribution in [0.2, 0.25) is 0 Å². The van der Waals surface area contributed by atoms with Gasteiger partial charge in [-0.05, 0) is 68.3 Å². The molecule has 0 bridgehead atoms. The molecule has 3 aromatic rings. The Morgan fingerprint density at radius 2 is 1.61 bits per heavy atom. The monoisotopic (exact) mass is 536 g/mol. The molecule has 9 nitrogen and oxygen atoms in total. The third-order valence-electron chi connectivity index (χ3n) is 5.28. The molecule has 0 aromatic heterocycles. The molecule has 3 rings (SSSR count). The third-order valence-corrected chi connectivity index (χ3v) is 7.09. The van der Waals surface area contributed by atoms with Crippen molar-refractivity contribution in [3.63, 3.8) is 0 Å². The molecule has 200 valence electrons. The van der Waals surface area contributed by atoms with Gasteiger partial charge in [-0.15, -0.1) is 0 Å². The van der Waals surface area contributed by atoms with Crippen LogP contribution >= 0.6 is 0 Å². The Morgan fingerprint density at radius 1 is 0.947 bits per heavy atom. The molecule has 0 saturated carbocycles. The minimum atomic E-state index is -3.93. The number of nitrogens with one attached hydrogen (secondary N) is 2. The van der Waals surface area contributed by atoms with Crippen molar-refractivity contribution in [2.45, 2.75) is 38.3 Å². The number of benzene rings is 3. The van der Waals surface area contributed by atoms with Crippen molar-refractivity contribution < 1.29 is 22.7 Å². The van der Waals surface area contributed by atoms with E-state index in [2.05, 4.69) is 15.8 Å². The predicted molar refractivity (Wildman–Crippen MR) is 146 cm³/mol. The average Bonchev–Trinajstić information content (AvgIpc) is 2.88. The van der Waals surface area contributed by atoms with E-state index < -0.39 is 22.5 Å². The lowest BCUT2D eigenvalue weighted by Gasteiger charge is -2.21. The number of carbonyl (C=O) groups is 2. The Kier molecular flexibility index (Phi) is 10.1. The van der Waals surface area contributed by atoms with Crippen LogP contribution in [0.1, 0.15) is 30.5 Å². The zero-order chi connectivity index (χ0) is 27.5. The normalized spacial score (nSPS) is 11.6. The number of carbonyl (C=O) groups excluding carboxylic acids is 2. The molecule has 0 radical (unpaired) electrons. The number of nitrogens with zero attached hydrogens (tertiary/aromatic N) is 2. The van der Waals surface area contributed by atoms with Crippen LogP contribution in [0.25, 0.3) is 0 Å². The van der Waals surface area contributed by atoms with Gasteiger partial charge in [-0.3, -0.25) is 9.59 Å². The van der Waals surface area contributed by atoms with Gasteiger partial charge in [0.25, 0.3) is 11.8 Å². The van der Waals surface area contributed by atoms with E-state index in [1.165, 1.54) is 18.3 Å². The minimum absolute atomic E-state index is 0.0326. The first-order valence-electron chi connectivity index (χ1n) is 12.1. The number of aryl methyl sites for hydroxylation is 1. The number of hydrogen-bond donors (Lipinski definition) is 2. The lowest BCUT2D eigenvalue weighted by molar-refractivity contribution is -0.123. The van der Waals surface area contributed by atoms with Gasteiger partial charge in [0.2, 0.25) is 10.0 Å². The minimum Gasteiger partial charge on any atom is -0.484 e. The highest BCUT2D eigenvalue weighted by molar-refractivity contribution is 7.89. The second-order valence-electron chi connectivity index (χ2n) is 8.94. The fourth-order valence-corrected chi connectivity index (χ4v) is 4.79. The van der Waals surface area contributed by atoms with Gasteiger partial charge in [-0.2, -0.15) is 9.41 Å². The summed E-state index contributed by atoms with van der Waals surface area (Å²) < 4.78 is 33.2. The molecule has 0 heterocycles. The smallest absolute Gasteiger partial charge is 0.258 e. The van der Waals surface area contributed by atoms with Crippen molar-refractivity contribution in [2.24, 2.45) is 5.10 Å². The summed E-state index contributed by atoms with van der Waals surface area (Å²) in [5.74, 6) is -0.272. The van der Waals surface area contributed by atoms with Crippen LogP contribution in [-0.2, 0) is 26.2 Å². The fraction of sp³-hybridized carbons (Fsp3) is 0.250. The number of sulfonamides is 1. The first kappa shape index (κ1) is 28.5. The Bertz CT molecular complexity index is 1340. The summed E-state index contributed by atoms with van der Waals surface area (Å²) >= 11 is 0. The first-order valence-corrected chi connectivity index (χ1v) is 13.5. The average molecular weight is 537 g/mol. The van der Waals surface area contributed by atoms with Crippen molar-refractivity contribution in [3.8, 4) is 5.75 Å². The van der Waals surface area contributed by atoms with E-state index in [0.717, 1.165) is 15.4 Å². The van der Waals surface area contributed by atoms with Gasteiger partial charge in [-0.1, -0.05) is 48.0 Å². The van der Waals surface area contributed by atoms with Gasteiger partial charge in [0.05, 0.1) is 17.7 Å². The van der Waals surface area contributed by atoms with Gasteiger partial charge in [-0.25, -0.2) is 13.8 Å². The van der Waals surface area contributed by atoms with Crippen molar-refractivity contribution >= 4 is 28.1 Å². The largest absolute Gasteiger partial charge is 0.484 e. The van der Waals surface area contributed by atoms with Crippen LogP contribution in [0.15, 0.2) is 88.9 Å². The molecule has 0 aliphatic carbocycles. The Morgan fingerprint density at radius 3 is 2.24 bits per heavy atom. The summed E-state index contributed by atoms with van der Waals surface area (Å²) in [5, 5.41) is 6.70. The molecule has 10 heteroatoms. The number of hydrogen-bond acceptors (Lipinski definition) is 6. The van der Waals surface area contributed by atoms with E-state index in [1.54, 1.807) is 48.5 Å². The molecule has 0 fully saturated rings. The number of amides is 2. The second kappa shape index (κ2) is 13.5. The summed E-state index contributed by atoms with van der Waals surface area (Å²) in [6, 6.07) is 22.4. The van der Waals surface area contributed by atoms with Crippen LogP contribution in [0.3, 0.4) is 0 Å². The van der Waals surface area contributed by atoms with Crippen LogP contribution in [-0.4, -0.2) is 49.9 Å². The first-order chi connectivity index (χ1) is 18.1. The van der Waals surface area contributed by atoms with E-state index in [0.29, 0.717) is 11.3 Å². The maximum atomic E-state index is 13.3. The molecule has 3 aromatic carbocycles. The van der Waals surface area contributed by atoms with Crippen LogP contribution in [0.5, 0.6) is 5.75 Å². The second-order valence-corrected chi connectivity index (χ2v) is 10.9. The highest BCUT2D eigenvalue weighted by atomic mass is 32.2. The van der Waals surface area contributed by atoms with Crippen molar-refractivity contribution in [1.29, 1.82) is 0 Å². The van der Waals surface area contributed by atoms with Gasteiger partial charge in [0, 0.05) is 12.6 Å². The lowest BCUT2D eigenvalue weighted by Crippen LogP contribution is -2.39. The van der Waals surface area contributed by atoms with Gasteiger partial charge < -0.3 is 10.1 Å². The van der Waals surface area contributed by atoms with Crippen molar-refractivity contribution in [2.75, 3.05) is 13.2 Å². The van der Waals surface area contributed by atoms with E-state index in [1.807, 2.05) is 39.0 Å². The summed E-state index contributed by atoms with van der Waals surface area (Å²) in [5.41, 5.74) is 4.76.